The third-order valence-electron chi connectivity index (χ3n) is 3.18. The van der Waals surface area contributed by atoms with Gasteiger partial charge in [-0.3, -0.25) is 4.57 Å². The maximum absolute atomic E-state index is 12.8. The molecule has 0 saturated heterocycles. The Kier molecular flexibility index (Phi) is 9.51. The van der Waals surface area contributed by atoms with Crippen LogP contribution in [0.3, 0.4) is 0 Å². The van der Waals surface area contributed by atoms with Gasteiger partial charge in [0.2, 0.25) is 0 Å². The van der Waals surface area contributed by atoms with E-state index in [1.165, 1.54) is 14.2 Å². The van der Waals surface area contributed by atoms with Crippen LogP contribution in [0.2, 0.25) is 0 Å². The molecule has 0 aliphatic heterocycles. The predicted molar refractivity (Wildman–Crippen MR) is 78.5 cm³/mol. The number of hydrogen-bond acceptors (Lipinski definition) is 4. The van der Waals surface area contributed by atoms with Crippen LogP contribution in [0.4, 0.5) is 0 Å². The topological polar surface area (TPSA) is 52.6 Å². The van der Waals surface area contributed by atoms with Gasteiger partial charge >= 0.3 is 7.60 Å². The van der Waals surface area contributed by atoms with E-state index in [9.17, 15) is 9.13 Å². The Labute approximate surface area is 112 Å². The van der Waals surface area contributed by atoms with Crippen LogP contribution >= 0.6 is 14.7 Å². The van der Waals surface area contributed by atoms with Gasteiger partial charge in [-0.2, -0.15) is 0 Å². The first-order chi connectivity index (χ1) is 8.45. The zero-order valence-electron chi connectivity index (χ0n) is 12.2. The van der Waals surface area contributed by atoms with E-state index in [1.807, 2.05) is 0 Å². The van der Waals surface area contributed by atoms with E-state index >= 15 is 0 Å². The fourth-order valence-electron chi connectivity index (χ4n) is 1.79. The molecule has 18 heavy (non-hydrogen) atoms. The van der Waals surface area contributed by atoms with Crippen LogP contribution in [-0.4, -0.2) is 38.9 Å². The molecular weight excluding hydrogens is 270 g/mol. The third kappa shape index (κ3) is 7.09. The highest BCUT2D eigenvalue weighted by molar-refractivity contribution is 7.65. The first-order valence-corrected chi connectivity index (χ1v) is 10.7. The molecule has 0 atom stereocenters. The molecule has 0 N–H and O–H groups in total. The summed E-state index contributed by atoms with van der Waals surface area (Å²) in [6.07, 6.45) is 6.31. The van der Waals surface area contributed by atoms with Crippen molar-refractivity contribution in [1.82, 2.24) is 0 Å². The monoisotopic (exact) mass is 298 g/mol. The second kappa shape index (κ2) is 9.31. The zero-order chi connectivity index (χ0) is 14.1. The van der Waals surface area contributed by atoms with Crippen LogP contribution in [0.1, 0.15) is 39.5 Å². The molecule has 0 aromatic carbocycles. The Balaban J connectivity index is 4.49. The van der Waals surface area contributed by atoms with Gasteiger partial charge in [-0.25, -0.2) is 0 Å². The summed E-state index contributed by atoms with van der Waals surface area (Å²) >= 11 is 0. The van der Waals surface area contributed by atoms with Crippen molar-refractivity contribution in [2.45, 2.75) is 39.5 Å². The van der Waals surface area contributed by atoms with Gasteiger partial charge in [-0.1, -0.05) is 26.7 Å². The quantitative estimate of drug-likeness (QED) is 0.529. The summed E-state index contributed by atoms with van der Waals surface area (Å²) in [6.45, 7) is 4.19. The molecule has 0 aliphatic carbocycles. The molecule has 0 aliphatic rings. The van der Waals surface area contributed by atoms with E-state index in [4.69, 9.17) is 9.05 Å². The summed E-state index contributed by atoms with van der Waals surface area (Å²) in [7, 11) is -2.46. The van der Waals surface area contributed by atoms with Crippen molar-refractivity contribution in [1.29, 1.82) is 0 Å². The average Bonchev–Trinajstić information content (AvgIpc) is 2.40. The van der Waals surface area contributed by atoms with Gasteiger partial charge in [0.05, 0.1) is 13.3 Å². The van der Waals surface area contributed by atoms with Crippen molar-refractivity contribution in [3.05, 3.63) is 0 Å². The van der Waals surface area contributed by atoms with E-state index in [-0.39, 0.29) is 6.16 Å². The van der Waals surface area contributed by atoms with Crippen molar-refractivity contribution in [2.24, 2.45) is 0 Å². The molecule has 0 aromatic rings. The summed E-state index contributed by atoms with van der Waals surface area (Å²) in [5.41, 5.74) is 0. The molecule has 0 radical (unpaired) electrons. The summed E-state index contributed by atoms with van der Waals surface area (Å²) < 4.78 is 34.6. The molecule has 0 aromatic heterocycles. The van der Waals surface area contributed by atoms with Gasteiger partial charge in [-0.05, 0) is 12.8 Å². The lowest BCUT2D eigenvalue weighted by atomic mass is 10.4. The number of unbranched alkanes of at least 4 members (excludes halogenated alkanes) is 2. The molecule has 0 spiro atoms. The maximum atomic E-state index is 12.8. The molecule has 0 unspecified atom stereocenters. The van der Waals surface area contributed by atoms with E-state index in [0.29, 0.717) is 6.16 Å². The van der Waals surface area contributed by atoms with E-state index in [0.717, 1.165) is 38.0 Å². The SMILES string of the molecule is CCCCP(=O)(CCCC)CCP(=O)(OC)OC. The van der Waals surface area contributed by atoms with Gasteiger partial charge in [-0.15, -0.1) is 0 Å². The van der Waals surface area contributed by atoms with Gasteiger partial charge in [0, 0.05) is 32.7 Å². The zero-order valence-corrected chi connectivity index (χ0v) is 14.0. The van der Waals surface area contributed by atoms with E-state index in [1.54, 1.807) is 0 Å². The van der Waals surface area contributed by atoms with Gasteiger partial charge in [0.25, 0.3) is 0 Å². The molecule has 0 bridgehead atoms. The van der Waals surface area contributed by atoms with Crippen molar-refractivity contribution in [3.8, 4) is 0 Å². The Morgan fingerprint density at radius 2 is 1.22 bits per heavy atom. The molecule has 0 fully saturated rings. The Morgan fingerprint density at radius 1 is 0.778 bits per heavy atom. The second-order valence-electron chi connectivity index (χ2n) is 4.64. The number of hydrogen-bond donors (Lipinski definition) is 0. The predicted octanol–water partition coefficient (Wildman–Crippen LogP) is 4.44. The first kappa shape index (κ1) is 18.4. The Bertz CT molecular complexity index is 284. The highest BCUT2D eigenvalue weighted by Gasteiger charge is 2.28. The minimum absolute atomic E-state index is 0.269. The first-order valence-electron chi connectivity index (χ1n) is 6.73. The van der Waals surface area contributed by atoms with E-state index in [2.05, 4.69) is 13.8 Å². The van der Waals surface area contributed by atoms with E-state index < -0.39 is 14.7 Å². The van der Waals surface area contributed by atoms with Gasteiger partial charge in [0.15, 0.2) is 0 Å². The van der Waals surface area contributed by atoms with Gasteiger partial charge < -0.3 is 13.6 Å². The fraction of sp³-hybridized carbons (Fsp3) is 1.00. The lowest BCUT2D eigenvalue weighted by molar-refractivity contribution is 0.277. The minimum Gasteiger partial charge on any atom is -0.324 e. The van der Waals surface area contributed by atoms with Crippen LogP contribution in [0.15, 0.2) is 0 Å². The average molecular weight is 298 g/mol. The molecular formula is C12H28O4P2. The summed E-state index contributed by atoms with van der Waals surface area (Å²) in [4.78, 5) is 0. The second-order valence-corrected chi connectivity index (χ2v) is 10.5. The highest BCUT2D eigenvalue weighted by Crippen LogP contribution is 2.54. The van der Waals surface area contributed by atoms with Crippen LogP contribution in [0.5, 0.6) is 0 Å². The lowest BCUT2D eigenvalue weighted by Gasteiger charge is -2.20. The molecule has 110 valence electrons. The molecule has 0 heterocycles. The smallest absolute Gasteiger partial charge is 0.324 e. The Morgan fingerprint density at radius 3 is 1.56 bits per heavy atom. The molecule has 4 nitrogen and oxygen atoms in total. The number of rotatable bonds is 11. The lowest BCUT2D eigenvalue weighted by Crippen LogP contribution is -2.06. The summed E-state index contributed by atoms with van der Waals surface area (Å²) in [6, 6.07) is 0. The van der Waals surface area contributed by atoms with Crippen LogP contribution in [0.25, 0.3) is 0 Å². The Hall–Kier alpha value is 0.380. The molecule has 0 rings (SSSR count). The van der Waals surface area contributed by atoms with Crippen molar-refractivity contribution in [3.63, 3.8) is 0 Å². The third-order valence-corrected chi connectivity index (χ3v) is 8.71. The summed E-state index contributed by atoms with van der Waals surface area (Å²) in [5.74, 6) is 0. The normalized spacial score (nSPS) is 12.9. The molecule has 6 heteroatoms. The molecule has 0 amide bonds. The maximum Gasteiger partial charge on any atom is 0.330 e. The fourth-order valence-corrected chi connectivity index (χ4v) is 7.20. The van der Waals surface area contributed by atoms with Gasteiger partial charge in [0.1, 0.15) is 0 Å². The van der Waals surface area contributed by atoms with Crippen molar-refractivity contribution >= 4 is 14.7 Å². The summed E-state index contributed by atoms with van der Waals surface area (Å²) in [5, 5.41) is 0. The highest BCUT2D eigenvalue weighted by atomic mass is 31.2. The standard InChI is InChI=1S/C12H28O4P2/c1-5-7-9-17(13,10-8-6-2)11-12-18(14,15-3)16-4/h5-12H2,1-4H3. The minimum atomic E-state index is -3.01. The van der Waals surface area contributed by atoms with Crippen LogP contribution in [-0.2, 0) is 18.2 Å². The van der Waals surface area contributed by atoms with Crippen LogP contribution < -0.4 is 0 Å². The largest absolute Gasteiger partial charge is 0.330 e. The molecule has 0 saturated carbocycles. The van der Waals surface area contributed by atoms with Crippen molar-refractivity contribution in [2.75, 3.05) is 38.9 Å². The van der Waals surface area contributed by atoms with Crippen LogP contribution in [0, 0.1) is 0 Å². The van der Waals surface area contributed by atoms with Crippen molar-refractivity contribution < 1.29 is 18.2 Å².